The summed E-state index contributed by atoms with van der Waals surface area (Å²) in [6.07, 6.45) is 3.83. The van der Waals surface area contributed by atoms with E-state index in [9.17, 15) is 9.50 Å². The van der Waals surface area contributed by atoms with Gasteiger partial charge in [0.25, 0.3) is 5.78 Å². The van der Waals surface area contributed by atoms with Crippen LogP contribution in [0.4, 0.5) is 15.9 Å². The van der Waals surface area contributed by atoms with Crippen molar-refractivity contribution >= 4 is 28.2 Å². The summed E-state index contributed by atoms with van der Waals surface area (Å²) in [5.41, 5.74) is 2.85. The molecule has 1 fully saturated rings. The normalized spacial score (nSPS) is 14.5. The van der Waals surface area contributed by atoms with Crippen LogP contribution in [0.2, 0.25) is 0 Å². The van der Waals surface area contributed by atoms with Crippen LogP contribution in [0, 0.1) is 23.1 Å². The van der Waals surface area contributed by atoms with Gasteiger partial charge in [0.05, 0.1) is 12.1 Å². The van der Waals surface area contributed by atoms with Crippen LogP contribution in [-0.4, -0.2) is 31.7 Å². The Hall–Kier alpha value is -3.50. The SMILES string of the molecule is CN(c1cccc(C#CC2(C)CC2)c1)c1nc2nncn2c2cc(CO)c(F)cc12. The number of rotatable bonds is 3. The molecular weight excluding hydrogens is 381 g/mol. The van der Waals surface area contributed by atoms with Gasteiger partial charge in [-0.15, -0.1) is 10.2 Å². The summed E-state index contributed by atoms with van der Waals surface area (Å²) < 4.78 is 16.2. The maximum Gasteiger partial charge on any atom is 0.257 e. The summed E-state index contributed by atoms with van der Waals surface area (Å²) in [6, 6.07) is 10.9. The van der Waals surface area contributed by atoms with E-state index in [1.807, 2.05) is 36.2 Å². The van der Waals surface area contributed by atoms with Gasteiger partial charge < -0.3 is 10.0 Å². The van der Waals surface area contributed by atoms with Crippen LogP contribution >= 0.6 is 0 Å². The summed E-state index contributed by atoms with van der Waals surface area (Å²) in [5, 5.41) is 18.1. The summed E-state index contributed by atoms with van der Waals surface area (Å²) in [5.74, 6) is 7.09. The summed E-state index contributed by atoms with van der Waals surface area (Å²) >= 11 is 0. The van der Waals surface area contributed by atoms with Crippen molar-refractivity contribution < 1.29 is 9.50 Å². The second-order valence-electron chi connectivity index (χ2n) is 7.98. The zero-order chi connectivity index (χ0) is 20.9. The number of nitrogens with zero attached hydrogens (tertiary/aromatic N) is 5. The Balaban J connectivity index is 1.64. The van der Waals surface area contributed by atoms with Crippen molar-refractivity contribution in [3.8, 4) is 11.8 Å². The average molecular weight is 401 g/mol. The van der Waals surface area contributed by atoms with Gasteiger partial charge in [0, 0.05) is 34.7 Å². The molecule has 1 N–H and O–H groups in total. The first-order valence-corrected chi connectivity index (χ1v) is 9.77. The van der Waals surface area contributed by atoms with Crippen LogP contribution in [0.3, 0.4) is 0 Å². The highest BCUT2D eigenvalue weighted by molar-refractivity contribution is 5.93. The van der Waals surface area contributed by atoms with E-state index in [4.69, 9.17) is 0 Å². The fraction of sp³-hybridized carbons (Fsp3) is 0.261. The minimum atomic E-state index is -0.480. The molecule has 0 radical (unpaired) electrons. The van der Waals surface area contributed by atoms with E-state index in [1.165, 1.54) is 12.4 Å². The number of aliphatic hydroxyl groups is 1. The van der Waals surface area contributed by atoms with Crippen molar-refractivity contribution in [1.82, 2.24) is 19.6 Å². The number of fused-ring (bicyclic) bond motifs is 3. The number of hydrogen-bond donors (Lipinski definition) is 1. The second kappa shape index (κ2) is 6.78. The quantitative estimate of drug-likeness (QED) is 0.529. The highest BCUT2D eigenvalue weighted by Gasteiger charge is 2.35. The van der Waals surface area contributed by atoms with E-state index in [1.54, 1.807) is 10.5 Å². The van der Waals surface area contributed by atoms with Gasteiger partial charge in [0.1, 0.15) is 18.0 Å². The third-order valence-corrected chi connectivity index (χ3v) is 5.63. The Morgan fingerprint density at radius 2 is 2.10 bits per heavy atom. The lowest BCUT2D eigenvalue weighted by atomic mass is 10.1. The van der Waals surface area contributed by atoms with Crippen molar-refractivity contribution in [2.75, 3.05) is 11.9 Å². The number of aromatic nitrogens is 4. The molecule has 0 bridgehead atoms. The zero-order valence-corrected chi connectivity index (χ0v) is 16.7. The van der Waals surface area contributed by atoms with Crippen molar-refractivity contribution in [1.29, 1.82) is 0 Å². The minimum absolute atomic E-state index is 0.153. The molecule has 1 saturated carbocycles. The molecule has 0 spiro atoms. The fourth-order valence-electron chi connectivity index (χ4n) is 3.44. The van der Waals surface area contributed by atoms with Gasteiger partial charge in [0.2, 0.25) is 0 Å². The predicted octanol–water partition coefficient (Wildman–Crippen LogP) is 3.83. The number of anilines is 2. The molecule has 0 unspecified atom stereocenters. The van der Waals surface area contributed by atoms with E-state index < -0.39 is 12.4 Å². The molecule has 2 heterocycles. The number of hydrogen-bond acceptors (Lipinski definition) is 5. The van der Waals surface area contributed by atoms with Crippen LogP contribution in [0.5, 0.6) is 0 Å². The molecule has 0 saturated heterocycles. The maximum atomic E-state index is 14.5. The molecule has 30 heavy (non-hydrogen) atoms. The van der Waals surface area contributed by atoms with Crippen molar-refractivity contribution in [3.05, 3.63) is 59.7 Å². The molecular formula is C23H20FN5O. The van der Waals surface area contributed by atoms with Crippen molar-refractivity contribution in [2.24, 2.45) is 5.41 Å². The van der Waals surface area contributed by atoms with Crippen LogP contribution in [0.15, 0.2) is 42.7 Å². The first-order valence-electron chi connectivity index (χ1n) is 9.77. The molecule has 6 nitrogen and oxygen atoms in total. The number of benzene rings is 2. The molecule has 2 aromatic heterocycles. The molecule has 1 aliphatic carbocycles. The Morgan fingerprint density at radius 3 is 2.87 bits per heavy atom. The number of aliphatic hydroxyl groups excluding tert-OH is 1. The predicted molar refractivity (Wildman–Crippen MR) is 113 cm³/mol. The largest absolute Gasteiger partial charge is 0.392 e. The monoisotopic (exact) mass is 401 g/mol. The summed E-state index contributed by atoms with van der Waals surface area (Å²) in [4.78, 5) is 6.50. The number of halogens is 1. The average Bonchev–Trinajstić information content (AvgIpc) is 3.30. The van der Waals surface area contributed by atoms with Crippen LogP contribution in [0.25, 0.3) is 16.7 Å². The molecule has 0 aliphatic heterocycles. The van der Waals surface area contributed by atoms with E-state index >= 15 is 0 Å². The van der Waals surface area contributed by atoms with E-state index in [0.29, 0.717) is 22.5 Å². The Labute approximate surface area is 173 Å². The van der Waals surface area contributed by atoms with Crippen molar-refractivity contribution in [2.45, 2.75) is 26.4 Å². The lowest BCUT2D eigenvalue weighted by molar-refractivity contribution is 0.276. The lowest BCUT2D eigenvalue weighted by Crippen LogP contribution is -2.13. The van der Waals surface area contributed by atoms with Gasteiger partial charge in [-0.1, -0.05) is 17.9 Å². The van der Waals surface area contributed by atoms with E-state index in [-0.39, 0.29) is 11.0 Å². The highest BCUT2D eigenvalue weighted by atomic mass is 19.1. The first kappa shape index (κ1) is 18.5. The van der Waals surface area contributed by atoms with Gasteiger partial charge in [-0.3, -0.25) is 4.40 Å². The highest BCUT2D eigenvalue weighted by Crippen LogP contribution is 2.44. The molecule has 0 atom stereocenters. The standard InChI is InChI=1S/C23H20FN5O/c1-23(8-9-23)7-6-15-4-3-5-17(10-15)28(2)21-18-12-19(24)16(13-30)11-20(18)29-14-25-27-22(29)26-21/h3-5,10-12,14,30H,8-9,13H2,1-2H3. The summed E-state index contributed by atoms with van der Waals surface area (Å²) in [7, 11) is 1.88. The Bertz CT molecular complexity index is 1350. The van der Waals surface area contributed by atoms with Crippen LogP contribution < -0.4 is 4.90 Å². The second-order valence-corrected chi connectivity index (χ2v) is 7.98. The first-order chi connectivity index (χ1) is 14.5. The van der Waals surface area contributed by atoms with E-state index in [2.05, 4.69) is 33.9 Å². The third-order valence-electron chi connectivity index (χ3n) is 5.63. The summed E-state index contributed by atoms with van der Waals surface area (Å²) in [6.45, 7) is 1.79. The van der Waals surface area contributed by atoms with E-state index in [0.717, 1.165) is 24.1 Å². The molecule has 5 rings (SSSR count). The van der Waals surface area contributed by atoms with Crippen LogP contribution in [0.1, 0.15) is 30.9 Å². The third kappa shape index (κ3) is 3.15. The van der Waals surface area contributed by atoms with Gasteiger partial charge in [-0.25, -0.2) is 4.39 Å². The van der Waals surface area contributed by atoms with Gasteiger partial charge in [-0.05, 0) is 50.1 Å². The molecule has 4 aromatic rings. The molecule has 7 heteroatoms. The van der Waals surface area contributed by atoms with Gasteiger partial charge >= 0.3 is 0 Å². The molecule has 0 amide bonds. The van der Waals surface area contributed by atoms with Gasteiger partial charge in [-0.2, -0.15) is 4.98 Å². The molecule has 2 aromatic carbocycles. The smallest absolute Gasteiger partial charge is 0.257 e. The minimum Gasteiger partial charge on any atom is -0.392 e. The topological polar surface area (TPSA) is 66.6 Å². The van der Waals surface area contributed by atoms with Crippen molar-refractivity contribution in [3.63, 3.8) is 0 Å². The van der Waals surface area contributed by atoms with Gasteiger partial charge in [0.15, 0.2) is 0 Å². The fourth-order valence-corrected chi connectivity index (χ4v) is 3.44. The molecule has 150 valence electrons. The maximum absolute atomic E-state index is 14.5. The lowest BCUT2D eigenvalue weighted by Gasteiger charge is -2.21. The molecule has 1 aliphatic rings. The Kier molecular flexibility index (Phi) is 4.19. The zero-order valence-electron chi connectivity index (χ0n) is 16.7. The van der Waals surface area contributed by atoms with Crippen LogP contribution in [-0.2, 0) is 6.61 Å². The Morgan fingerprint density at radius 1 is 1.27 bits per heavy atom.